The van der Waals surface area contributed by atoms with Gasteiger partial charge in [0.25, 0.3) is 11.7 Å². The van der Waals surface area contributed by atoms with Crippen molar-refractivity contribution in [3.05, 3.63) is 89.0 Å². The number of amides is 1. The van der Waals surface area contributed by atoms with Crippen molar-refractivity contribution < 1.29 is 14.0 Å². The number of Topliss-reactive ketones (excluding diaryl/α,β-unsaturated/α-hetero) is 1. The maximum Gasteiger partial charge on any atom is 0.270 e. The molecule has 0 spiro atoms. The van der Waals surface area contributed by atoms with Gasteiger partial charge in [-0.3, -0.25) is 14.6 Å². The summed E-state index contributed by atoms with van der Waals surface area (Å²) in [5.41, 5.74) is 8.00. The van der Waals surface area contributed by atoms with E-state index in [9.17, 15) is 14.0 Å². The fourth-order valence-electron chi connectivity index (χ4n) is 2.79. The summed E-state index contributed by atoms with van der Waals surface area (Å²) in [5.74, 6) is -0.832. The van der Waals surface area contributed by atoms with Crippen LogP contribution in [0.1, 0.15) is 44.6 Å². The molecule has 9 nitrogen and oxygen atoms in total. The summed E-state index contributed by atoms with van der Waals surface area (Å²) in [4.78, 5) is 35.8. The zero-order valence-electron chi connectivity index (χ0n) is 17.6. The standard InChI is InChI=1S/C16H14FN5O2.C6H8N2/c1-9-5-11(3-4-12(9)17)7-18-15(24)13-6-14(10(2)23)22-16(21-13)19-8-20-22;7-5-6-1-3-8-4-2-6/h3-6,8H,7H2,1-2H3,(H,18,24);1-4H,5,7H2. The van der Waals surface area contributed by atoms with Crippen molar-refractivity contribution in [1.29, 1.82) is 0 Å². The van der Waals surface area contributed by atoms with Gasteiger partial charge in [-0.05, 0) is 47.9 Å². The highest BCUT2D eigenvalue weighted by Gasteiger charge is 2.15. The summed E-state index contributed by atoms with van der Waals surface area (Å²) in [7, 11) is 0. The number of rotatable bonds is 5. The van der Waals surface area contributed by atoms with Gasteiger partial charge in [0.05, 0.1) is 0 Å². The van der Waals surface area contributed by atoms with Gasteiger partial charge in [0.15, 0.2) is 5.78 Å². The molecule has 1 amide bonds. The Bertz CT molecular complexity index is 1240. The Kier molecular flexibility index (Phi) is 7.29. The lowest BCUT2D eigenvalue weighted by atomic mass is 10.1. The number of aryl methyl sites for hydroxylation is 1. The Balaban J connectivity index is 0.000000305. The van der Waals surface area contributed by atoms with E-state index in [1.807, 2.05) is 12.1 Å². The van der Waals surface area contributed by atoms with Crippen molar-refractivity contribution in [2.75, 3.05) is 0 Å². The number of nitrogens with two attached hydrogens (primary N) is 1. The lowest BCUT2D eigenvalue weighted by molar-refractivity contribution is 0.0946. The first-order chi connectivity index (χ1) is 15.4. The number of nitrogens with zero attached hydrogens (tertiary/aromatic N) is 5. The van der Waals surface area contributed by atoms with E-state index in [2.05, 4.69) is 25.4 Å². The predicted octanol–water partition coefficient (Wildman–Crippen LogP) is 2.24. The summed E-state index contributed by atoms with van der Waals surface area (Å²) in [6.45, 7) is 3.84. The van der Waals surface area contributed by atoms with Crippen LogP contribution in [0.25, 0.3) is 5.78 Å². The van der Waals surface area contributed by atoms with Gasteiger partial charge in [-0.1, -0.05) is 12.1 Å². The summed E-state index contributed by atoms with van der Waals surface area (Å²) >= 11 is 0. The molecule has 0 radical (unpaired) electrons. The Labute approximate surface area is 183 Å². The topological polar surface area (TPSA) is 128 Å². The number of carbonyl (C=O) groups is 2. The maximum absolute atomic E-state index is 13.3. The largest absolute Gasteiger partial charge is 0.347 e. The van der Waals surface area contributed by atoms with Gasteiger partial charge in [0.1, 0.15) is 23.5 Å². The number of hydrogen-bond donors (Lipinski definition) is 2. The van der Waals surface area contributed by atoms with Crippen LogP contribution >= 0.6 is 0 Å². The van der Waals surface area contributed by atoms with Crippen molar-refractivity contribution in [3.63, 3.8) is 0 Å². The molecule has 3 N–H and O–H groups in total. The number of fused-ring (bicyclic) bond motifs is 1. The third kappa shape index (κ3) is 5.55. The summed E-state index contributed by atoms with van der Waals surface area (Å²) in [6.07, 6.45) is 4.74. The van der Waals surface area contributed by atoms with Crippen molar-refractivity contribution >= 4 is 17.5 Å². The average molecular weight is 435 g/mol. The molecule has 0 bridgehead atoms. The zero-order chi connectivity index (χ0) is 23.1. The van der Waals surface area contributed by atoms with Crippen LogP contribution < -0.4 is 11.1 Å². The molecule has 32 heavy (non-hydrogen) atoms. The highest BCUT2D eigenvalue weighted by atomic mass is 19.1. The summed E-state index contributed by atoms with van der Waals surface area (Å²) < 4.78 is 14.5. The molecule has 0 fully saturated rings. The van der Waals surface area contributed by atoms with E-state index < -0.39 is 5.91 Å². The van der Waals surface area contributed by atoms with E-state index in [4.69, 9.17) is 5.73 Å². The molecule has 0 saturated carbocycles. The Morgan fingerprint density at radius 3 is 2.50 bits per heavy atom. The molecule has 10 heteroatoms. The van der Waals surface area contributed by atoms with Crippen LogP contribution in [0.5, 0.6) is 0 Å². The number of carbonyl (C=O) groups excluding carboxylic acids is 2. The second-order valence-electron chi connectivity index (χ2n) is 6.88. The van der Waals surface area contributed by atoms with Crippen molar-refractivity contribution in [2.24, 2.45) is 5.73 Å². The second-order valence-corrected chi connectivity index (χ2v) is 6.88. The number of hydrogen-bond acceptors (Lipinski definition) is 7. The van der Waals surface area contributed by atoms with Gasteiger partial charge in [0.2, 0.25) is 0 Å². The van der Waals surface area contributed by atoms with Crippen LogP contribution in [0.2, 0.25) is 0 Å². The number of benzene rings is 1. The van der Waals surface area contributed by atoms with E-state index >= 15 is 0 Å². The Morgan fingerprint density at radius 1 is 1.12 bits per heavy atom. The minimum absolute atomic E-state index is 0.0690. The molecule has 4 rings (SSSR count). The van der Waals surface area contributed by atoms with Crippen LogP contribution in [0.15, 0.2) is 55.1 Å². The lowest BCUT2D eigenvalue weighted by Gasteiger charge is -2.07. The smallest absolute Gasteiger partial charge is 0.270 e. The van der Waals surface area contributed by atoms with E-state index in [1.54, 1.807) is 31.5 Å². The first-order valence-electron chi connectivity index (χ1n) is 9.73. The molecule has 3 heterocycles. The second kappa shape index (κ2) is 10.3. The Hall–Kier alpha value is -4.05. The van der Waals surface area contributed by atoms with Crippen LogP contribution in [-0.2, 0) is 13.1 Å². The summed E-state index contributed by atoms with van der Waals surface area (Å²) in [5, 5.41) is 6.60. The number of halogens is 1. The lowest BCUT2D eigenvalue weighted by Crippen LogP contribution is -2.25. The molecule has 0 aliphatic carbocycles. The molecule has 0 atom stereocenters. The molecule has 0 aliphatic rings. The fourth-order valence-corrected chi connectivity index (χ4v) is 2.79. The first-order valence-corrected chi connectivity index (χ1v) is 9.73. The number of aromatic nitrogens is 5. The maximum atomic E-state index is 13.3. The molecule has 1 aromatic carbocycles. The van der Waals surface area contributed by atoms with Crippen molar-refractivity contribution in [1.82, 2.24) is 29.9 Å². The van der Waals surface area contributed by atoms with Crippen molar-refractivity contribution in [3.8, 4) is 0 Å². The molecule has 3 aromatic heterocycles. The average Bonchev–Trinajstić information content (AvgIpc) is 3.28. The first kappa shape index (κ1) is 22.6. The molecular weight excluding hydrogens is 413 g/mol. The fraction of sp³-hybridized carbons (Fsp3) is 0.182. The minimum atomic E-state index is -0.454. The van der Waals surface area contributed by atoms with E-state index in [0.717, 1.165) is 11.1 Å². The van der Waals surface area contributed by atoms with E-state index in [-0.39, 0.29) is 35.3 Å². The van der Waals surface area contributed by atoms with Gasteiger partial charge in [-0.2, -0.15) is 14.6 Å². The molecule has 4 aromatic rings. The molecule has 0 aliphatic heterocycles. The number of pyridine rings is 1. The van der Waals surface area contributed by atoms with Crippen LogP contribution in [0.4, 0.5) is 4.39 Å². The highest BCUT2D eigenvalue weighted by molar-refractivity contribution is 5.98. The third-order valence-electron chi connectivity index (χ3n) is 4.51. The van der Waals surface area contributed by atoms with Crippen LogP contribution in [0.3, 0.4) is 0 Å². The Morgan fingerprint density at radius 2 is 1.88 bits per heavy atom. The molecule has 0 saturated heterocycles. The van der Waals surface area contributed by atoms with Gasteiger partial charge < -0.3 is 11.1 Å². The highest BCUT2D eigenvalue weighted by Crippen LogP contribution is 2.10. The quantitative estimate of drug-likeness (QED) is 0.460. The molecule has 164 valence electrons. The SMILES string of the molecule is CC(=O)c1cc(C(=O)NCc2ccc(F)c(C)c2)nc2ncnn12.NCc1ccncc1. The van der Waals surface area contributed by atoms with Gasteiger partial charge in [0, 0.05) is 32.4 Å². The van der Waals surface area contributed by atoms with Gasteiger partial charge in [-0.15, -0.1) is 0 Å². The summed E-state index contributed by atoms with van der Waals surface area (Å²) in [6, 6.07) is 9.78. The van der Waals surface area contributed by atoms with Crippen LogP contribution in [-0.4, -0.2) is 36.3 Å². The minimum Gasteiger partial charge on any atom is -0.347 e. The van der Waals surface area contributed by atoms with Gasteiger partial charge in [-0.25, -0.2) is 9.37 Å². The predicted molar refractivity (Wildman–Crippen MR) is 115 cm³/mol. The number of ketones is 1. The molecule has 0 unspecified atom stereocenters. The van der Waals surface area contributed by atoms with Gasteiger partial charge >= 0.3 is 0 Å². The number of nitrogens with one attached hydrogen (secondary N) is 1. The zero-order valence-corrected chi connectivity index (χ0v) is 17.6. The van der Waals surface area contributed by atoms with E-state index in [1.165, 1.54) is 29.9 Å². The third-order valence-corrected chi connectivity index (χ3v) is 4.51. The van der Waals surface area contributed by atoms with E-state index in [0.29, 0.717) is 12.1 Å². The normalized spacial score (nSPS) is 10.4. The van der Waals surface area contributed by atoms with Crippen molar-refractivity contribution in [2.45, 2.75) is 26.9 Å². The van der Waals surface area contributed by atoms with Crippen LogP contribution in [0, 0.1) is 12.7 Å². The monoisotopic (exact) mass is 435 g/mol. The molecular formula is C22H22FN7O2.